The number of piperidine rings is 1. The number of carbonyl (C=O) groups excluding carboxylic acids is 1. The molecule has 2 aromatic carbocycles. The first-order chi connectivity index (χ1) is 15.5. The number of aryl methyl sites for hydroxylation is 1. The number of fused-ring (bicyclic) bond motifs is 1. The van der Waals surface area contributed by atoms with E-state index >= 15 is 0 Å². The fourth-order valence-corrected chi connectivity index (χ4v) is 3.87. The molecule has 3 N–H and O–H groups in total. The highest BCUT2D eigenvalue weighted by Gasteiger charge is 2.27. The lowest BCUT2D eigenvalue weighted by atomic mass is 9.96. The minimum Gasteiger partial charge on any atom is -0.425 e. The summed E-state index contributed by atoms with van der Waals surface area (Å²) in [7, 11) is 0. The molecule has 0 radical (unpaired) electrons. The summed E-state index contributed by atoms with van der Waals surface area (Å²) in [5, 5.41) is 16.8. The molecule has 1 fully saturated rings. The lowest BCUT2D eigenvalue weighted by molar-refractivity contribution is -0.132. The van der Waals surface area contributed by atoms with Gasteiger partial charge in [-0.3, -0.25) is 20.4 Å². The molecule has 0 saturated carbocycles. The number of rotatable bonds is 5. The van der Waals surface area contributed by atoms with Crippen molar-refractivity contribution in [2.75, 3.05) is 13.1 Å². The van der Waals surface area contributed by atoms with Crippen molar-refractivity contribution in [2.24, 2.45) is 5.92 Å². The summed E-state index contributed by atoms with van der Waals surface area (Å²) in [5.41, 5.74) is 1.06. The number of nitrogens with zero attached hydrogens (tertiary/aromatic N) is 2. The van der Waals surface area contributed by atoms with Crippen LogP contribution in [-0.4, -0.2) is 45.7 Å². The van der Waals surface area contributed by atoms with Crippen LogP contribution in [0.25, 0.3) is 10.9 Å². The number of aromatic amines is 1. The van der Waals surface area contributed by atoms with Crippen LogP contribution >= 0.6 is 0 Å². The van der Waals surface area contributed by atoms with Crippen molar-refractivity contribution in [3.8, 4) is 0 Å². The van der Waals surface area contributed by atoms with Gasteiger partial charge in [0.2, 0.25) is 11.8 Å². The second-order valence-electron chi connectivity index (χ2n) is 7.85. The van der Waals surface area contributed by atoms with Gasteiger partial charge in [0.15, 0.2) is 5.90 Å². The Morgan fingerprint density at radius 3 is 2.50 bits per heavy atom. The van der Waals surface area contributed by atoms with Crippen molar-refractivity contribution in [3.63, 3.8) is 0 Å². The third kappa shape index (κ3) is 4.91. The molecule has 32 heavy (non-hydrogen) atoms. The number of benzene rings is 2. The first-order valence-electron chi connectivity index (χ1n) is 10.7. The smallest absolute Gasteiger partial charge is 0.258 e. The monoisotopic (exact) mass is 431 g/mol. The Morgan fingerprint density at radius 1 is 1.06 bits per heavy atom. The predicted octanol–water partition coefficient (Wildman–Crippen LogP) is 3.11. The van der Waals surface area contributed by atoms with Gasteiger partial charge in [-0.05, 0) is 37.1 Å². The lowest BCUT2D eigenvalue weighted by Crippen LogP contribution is -2.41. The Balaban J connectivity index is 1.27. The van der Waals surface area contributed by atoms with E-state index in [1.54, 1.807) is 35.2 Å². The van der Waals surface area contributed by atoms with Gasteiger partial charge in [-0.25, -0.2) is 4.98 Å². The average molecular weight is 431 g/mol. The maximum Gasteiger partial charge on any atom is 0.258 e. The highest BCUT2D eigenvalue weighted by Crippen LogP contribution is 2.20. The molecule has 0 bridgehead atoms. The van der Waals surface area contributed by atoms with Crippen molar-refractivity contribution in [1.82, 2.24) is 14.9 Å². The Morgan fingerprint density at radius 2 is 1.75 bits per heavy atom. The van der Waals surface area contributed by atoms with Gasteiger partial charge in [-0.2, -0.15) is 0 Å². The summed E-state index contributed by atoms with van der Waals surface area (Å²) in [6.45, 7) is 1.07. The second-order valence-corrected chi connectivity index (χ2v) is 7.85. The van der Waals surface area contributed by atoms with E-state index in [-0.39, 0.29) is 35.6 Å². The van der Waals surface area contributed by atoms with Crippen LogP contribution in [0.1, 0.15) is 30.7 Å². The van der Waals surface area contributed by atoms with Gasteiger partial charge in [0.05, 0.1) is 10.9 Å². The summed E-state index contributed by atoms with van der Waals surface area (Å²) >= 11 is 0. The van der Waals surface area contributed by atoms with Gasteiger partial charge >= 0.3 is 0 Å². The zero-order valence-electron chi connectivity index (χ0n) is 17.6. The van der Waals surface area contributed by atoms with E-state index in [9.17, 15) is 9.59 Å². The van der Waals surface area contributed by atoms with Gasteiger partial charge in [0.25, 0.3) is 5.56 Å². The Bertz CT molecular complexity index is 1200. The van der Waals surface area contributed by atoms with Crippen molar-refractivity contribution in [1.29, 1.82) is 10.8 Å². The Hall–Kier alpha value is -3.81. The molecule has 8 heteroatoms. The minimum absolute atomic E-state index is 0.00346. The van der Waals surface area contributed by atoms with Gasteiger partial charge in [-0.15, -0.1) is 0 Å². The van der Waals surface area contributed by atoms with Gasteiger partial charge in [0.1, 0.15) is 5.82 Å². The van der Waals surface area contributed by atoms with Crippen LogP contribution in [0, 0.1) is 16.7 Å². The number of carbonyl (C=O) groups is 1. The topological polar surface area (TPSA) is 123 Å². The van der Waals surface area contributed by atoms with E-state index in [1.165, 1.54) is 0 Å². The maximum atomic E-state index is 12.6. The van der Waals surface area contributed by atoms with Crippen molar-refractivity contribution in [2.45, 2.75) is 25.7 Å². The molecule has 0 aliphatic carbocycles. The maximum absolute atomic E-state index is 12.6. The van der Waals surface area contributed by atoms with Crippen molar-refractivity contribution >= 4 is 28.6 Å². The highest BCUT2D eigenvalue weighted by molar-refractivity contribution is 5.99. The largest absolute Gasteiger partial charge is 0.425 e. The van der Waals surface area contributed by atoms with Gasteiger partial charge < -0.3 is 14.6 Å². The number of hydrogen-bond acceptors (Lipinski definition) is 6. The second kappa shape index (κ2) is 9.55. The van der Waals surface area contributed by atoms with Crippen LogP contribution in [0.15, 0.2) is 59.4 Å². The van der Waals surface area contributed by atoms with Gasteiger partial charge in [0, 0.05) is 37.4 Å². The van der Waals surface area contributed by atoms with Crippen LogP contribution < -0.4 is 5.56 Å². The molecule has 2 heterocycles. The van der Waals surface area contributed by atoms with E-state index in [4.69, 9.17) is 15.6 Å². The molecular weight excluding hydrogens is 406 g/mol. The quantitative estimate of drug-likeness (QED) is 0.424. The summed E-state index contributed by atoms with van der Waals surface area (Å²) in [6.07, 6.45) is 1.87. The minimum atomic E-state index is -0.196. The SMILES string of the molecule is N=C(OC(=N)C1CCN(C(=O)CCc2nc3ccccc3c(=O)[nH]2)CC1)c1ccccc1. The predicted molar refractivity (Wildman–Crippen MR) is 122 cm³/mol. The van der Waals surface area contributed by atoms with Gasteiger partial charge in [-0.1, -0.05) is 30.3 Å². The summed E-state index contributed by atoms with van der Waals surface area (Å²) in [6, 6.07) is 16.2. The third-order valence-corrected chi connectivity index (χ3v) is 5.70. The Kier molecular flexibility index (Phi) is 6.39. The van der Waals surface area contributed by atoms with Crippen LogP contribution in [0.3, 0.4) is 0 Å². The number of para-hydroxylation sites is 1. The number of H-pyrrole nitrogens is 1. The lowest BCUT2D eigenvalue weighted by Gasteiger charge is -2.32. The molecule has 3 aromatic rings. The molecule has 8 nitrogen and oxygen atoms in total. The number of amides is 1. The van der Waals surface area contributed by atoms with E-state index in [2.05, 4.69) is 9.97 Å². The van der Waals surface area contributed by atoms with Crippen molar-refractivity contribution in [3.05, 3.63) is 76.3 Å². The fraction of sp³-hybridized carbons (Fsp3) is 0.292. The first-order valence-corrected chi connectivity index (χ1v) is 10.7. The molecule has 1 saturated heterocycles. The fourth-order valence-electron chi connectivity index (χ4n) is 3.87. The molecule has 164 valence electrons. The summed E-state index contributed by atoms with van der Waals surface area (Å²) < 4.78 is 5.44. The number of hydrogen-bond donors (Lipinski definition) is 3. The summed E-state index contributed by atoms with van der Waals surface area (Å²) in [5.74, 6) is 0.437. The molecule has 0 spiro atoms. The molecular formula is C24H25N5O3. The van der Waals surface area contributed by atoms with E-state index in [1.807, 2.05) is 24.3 Å². The van der Waals surface area contributed by atoms with Crippen LogP contribution in [0.4, 0.5) is 0 Å². The van der Waals surface area contributed by atoms with E-state index in [0.717, 1.165) is 0 Å². The normalized spacial score (nSPS) is 14.3. The van der Waals surface area contributed by atoms with E-state index in [0.29, 0.717) is 54.6 Å². The Labute approximate surface area is 185 Å². The number of nitrogens with one attached hydrogen (secondary N) is 3. The van der Waals surface area contributed by atoms with Crippen LogP contribution in [-0.2, 0) is 16.0 Å². The average Bonchev–Trinajstić information content (AvgIpc) is 2.83. The standard InChI is InChI=1S/C24H25N5O3/c25-22(16-6-2-1-3-7-16)32-23(26)17-12-14-29(15-13-17)21(30)11-10-20-27-19-9-5-4-8-18(19)24(31)28-20/h1-9,17,25-26H,10-15H2,(H,27,28,31). The third-order valence-electron chi connectivity index (χ3n) is 5.70. The van der Waals surface area contributed by atoms with Crippen LogP contribution in [0.5, 0.6) is 0 Å². The van der Waals surface area contributed by atoms with Crippen LogP contribution in [0.2, 0.25) is 0 Å². The molecule has 1 aliphatic rings. The zero-order valence-corrected chi connectivity index (χ0v) is 17.6. The number of likely N-dealkylation sites (tertiary alicyclic amines) is 1. The summed E-state index contributed by atoms with van der Waals surface area (Å²) in [4.78, 5) is 33.8. The number of aromatic nitrogens is 2. The molecule has 0 unspecified atom stereocenters. The zero-order chi connectivity index (χ0) is 22.5. The molecule has 0 atom stereocenters. The van der Waals surface area contributed by atoms with Crippen molar-refractivity contribution < 1.29 is 9.53 Å². The highest BCUT2D eigenvalue weighted by atomic mass is 16.5. The first kappa shape index (κ1) is 21.4. The molecule has 1 aromatic heterocycles. The molecule has 4 rings (SSSR count). The molecule has 1 aliphatic heterocycles. The van der Waals surface area contributed by atoms with E-state index < -0.39 is 0 Å². The number of ether oxygens (including phenoxy) is 1. The molecule has 1 amide bonds.